The summed E-state index contributed by atoms with van der Waals surface area (Å²) in [5.41, 5.74) is 0. The van der Waals surface area contributed by atoms with E-state index in [-0.39, 0.29) is 18.9 Å². The van der Waals surface area contributed by atoms with E-state index in [2.05, 4.69) is 19.2 Å². The van der Waals surface area contributed by atoms with E-state index >= 15 is 0 Å². The SMILES string of the molecule is CCCCCCCCCC/C=C/C(O)C(CO)NC(=O)CC(O)CCCCCCCCCCCCCCCCCCCCC. The van der Waals surface area contributed by atoms with E-state index in [9.17, 15) is 20.1 Å². The molecular formula is C39H77NO4. The molecule has 0 rings (SSSR count). The summed E-state index contributed by atoms with van der Waals surface area (Å²) in [4.78, 5) is 12.4. The molecule has 0 aromatic rings. The van der Waals surface area contributed by atoms with Crippen LogP contribution in [0.4, 0.5) is 0 Å². The van der Waals surface area contributed by atoms with Crippen LogP contribution in [-0.2, 0) is 4.79 Å². The first-order valence-electron chi connectivity index (χ1n) is 19.5. The first kappa shape index (κ1) is 43.1. The molecule has 0 aliphatic rings. The highest BCUT2D eigenvalue weighted by molar-refractivity contribution is 5.76. The molecule has 3 unspecified atom stereocenters. The smallest absolute Gasteiger partial charge is 0.222 e. The van der Waals surface area contributed by atoms with E-state index in [0.717, 1.165) is 25.7 Å². The van der Waals surface area contributed by atoms with Gasteiger partial charge in [-0.2, -0.15) is 0 Å². The van der Waals surface area contributed by atoms with Crippen LogP contribution in [0.2, 0.25) is 0 Å². The highest BCUT2D eigenvalue weighted by atomic mass is 16.3. The van der Waals surface area contributed by atoms with Gasteiger partial charge in [0.25, 0.3) is 0 Å². The van der Waals surface area contributed by atoms with E-state index in [0.29, 0.717) is 6.42 Å². The second-order valence-electron chi connectivity index (χ2n) is 13.5. The van der Waals surface area contributed by atoms with Crippen LogP contribution in [0.25, 0.3) is 0 Å². The molecule has 0 aromatic carbocycles. The van der Waals surface area contributed by atoms with Gasteiger partial charge in [-0.1, -0.05) is 193 Å². The summed E-state index contributed by atoms with van der Waals surface area (Å²) in [6.07, 6.45) is 39.2. The van der Waals surface area contributed by atoms with Crippen LogP contribution >= 0.6 is 0 Å². The van der Waals surface area contributed by atoms with Gasteiger partial charge in [-0.15, -0.1) is 0 Å². The van der Waals surface area contributed by atoms with Crippen LogP contribution in [0.5, 0.6) is 0 Å². The summed E-state index contributed by atoms with van der Waals surface area (Å²) in [6, 6.07) is -0.737. The van der Waals surface area contributed by atoms with Gasteiger partial charge >= 0.3 is 0 Å². The Kier molecular flexibility index (Phi) is 34.2. The minimum Gasteiger partial charge on any atom is -0.394 e. The molecule has 0 spiro atoms. The molecule has 4 N–H and O–H groups in total. The lowest BCUT2D eigenvalue weighted by molar-refractivity contribution is -0.124. The van der Waals surface area contributed by atoms with Crippen molar-refractivity contribution >= 4 is 5.91 Å². The number of amides is 1. The van der Waals surface area contributed by atoms with Crippen LogP contribution in [0, 0.1) is 0 Å². The van der Waals surface area contributed by atoms with Gasteiger partial charge in [-0.3, -0.25) is 4.79 Å². The molecule has 0 saturated heterocycles. The maximum Gasteiger partial charge on any atom is 0.222 e. The summed E-state index contributed by atoms with van der Waals surface area (Å²) in [5.74, 6) is -0.315. The van der Waals surface area contributed by atoms with Crippen molar-refractivity contribution in [2.45, 2.75) is 225 Å². The van der Waals surface area contributed by atoms with Crippen molar-refractivity contribution in [2.24, 2.45) is 0 Å². The summed E-state index contributed by atoms with van der Waals surface area (Å²) >= 11 is 0. The minimum atomic E-state index is -0.921. The zero-order valence-corrected chi connectivity index (χ0v) is 29.6. The van der Waals surface area contributed by atoms with Gasteiger partial charge < -0.3 is 20.6 Å². The number of aliphatic hydroxyl groups is 3. The molecule has 5 heteroatoms. The van der Waals surface area contributed by atoms with Gasteiger partial charge in [0.1, 0.15) is 0 Å². The Balaban J connectivity index is 3.62. The fraction of sp³-hybridized carbons (Fsp3) is 0.923. The molecule has 0 fully saturated rings. The molecule has 0 aliphatic heterocycles. The molecule has 5 nitrogen and oxygen atoms in total. The maximum atomic E-state index is 12.4. The Hall–Kier alpha value is -0.910. The summed E-state index contributed by atoms with van der Waals surface area (Å²) in [5, 5.41) is 33.0. The first-order valence-corrected chi connectivity index (χ1v) is 19.5. The van der Waals surface area contributed by atoms with Gasteiger partial charge in [0.15, 0.2) is 0 Å². The number of unbranched alkanes of at least 4 members (excludes halogenated alkanes) is 26. The van der Waals surface area contributed by atoms with Crippen molar-refractivity contribution < 1.29 is 20.1 Å². The zero-order valence-electron chi connectivity index (χ0n) is 29.6. The van der Waals surface area contributed by atoms with E-state index in [4.69, 9.17) is 0 Å². The van der Waals surface area contributed by atoms with Gasteiger partial charge in [-0.05, 0) is 19.3 Å². The molecule has 3 atom stereocenters. The predicted octanol–water partition coefficient (Wildman–Crippen LogP) is 10.5. The average molecular weight is 624 g/mol. The normalized spacial score (nSPS) is 13.8. The number of hydrogen-bond donors (Lipinski definition) is 4. The quantitative estimate of drug-likeness (QED) is 0.0418. The standard InChI is InChI=1S/C39H77NO4/c1-3-5-7-9-11-13-15-16-17-18-19-20-21-22-23-24-26-28-30-32-36(42)34-39(44)40-37(35-41)38(43)33-31-29-27-25-14-12-10-8-6-4-2/h31,33,36-38,41-43H,3-30,32,34-35H2,1-2H3,(H,40,44)/b33-31+. The highest BCUT2D eigenvalue weighted by Crippen LogP contribution is 2.16. The highest BCUT2D eigenvalue weighted by Gasteiger charge is 2.20. The number of allylic oxidation sites excluding steroid dienone is 1. The lowest BCUT2D eigenvalue weighted by Gasteiger charge is -2.21. The number of hydrogen-bond acceptors (Lipinski definition) is 4. The number of carbonyl (C=O) groups is 1. The van der Waals surface area contributed by atoms with Crippen LogP contribution in [0.3, 0.4) is 0 Å². The van der Waals surface area contributed by atoms with E-state index < -0.39 is 18.2 Å². The summed E-state index contributed by atoms with van der Waals surface area (Å²) in [7, 11) is 0. The van der Waals surface area contributed by atoms with E-state index in [1.807, 2.05) is 6.08 Å². The zero-order chi connectivity index (χ0) is 32.4. The van der Waals surface area contributed by atoms with Gasteiger partial charge in [0.2, 0.25) is 5.91 Å². The van der Waals surface area contributed by atoms with Gasteiger partial charge in [-0.25, -0.2) is 0 Å². The third-order valence-corrected chi connectivity index (χ3v) is 9.07. The number of nitrogens with one attached hydrogen (secondary N) is 1. The fourth-order valence-electron chi connectivity index (χ4n) is 6.05. The molecule has 0 aliphatic carbocycles. The molecule has 0 heterocycles. The van der Waals surface area contributed by atoms with Crippen molar-refractivity contribution in [1.82, 2.24) is 5.32 Å². The van der Waals surface area contributed by atoms with E-state index in [1.165, 1.54) is 154 Å². The molecule has 44 heavy (non-hydrogen) atoms. The molecule has 1 amide bonds. The molecule has 0 saturated carbocycles. The predicted molar refractivity (Wildman–Crippen MR) is 190 cm³/mol. The molecule has 0 radical (unpaired) electrons. The molecular weight excluding hydrogens is 546 g/mol. The Morgan fingerprint density at radius 3 is 1.32 bits per heavy atom. The number of carbonyl (C=O) groups excluding carboxylic acids is 1. The maximum absolute atomic E-state index is 12.4. The Labute approximate surface area is 274 Å². The van der Waals surface area contributed by atoms with Crippen molar-refractivity contribution in [1.29, 1.82) is 0 Å². The fourth-order valence-corrected chi connectivity index (χ4v) is 6.05. The van der Waals surface area contributed by atoms with Gasteiger partial charge in [0, 0.05) is 0 Å². The van der Waals surface area contributed by atoms with Crippen molar-refractivity contribution in [3.05, 3.63) is 12.2 Å². The minimum absolute atomic E-state index is 0.0181. The lowest BCUT2D eigenvalue weighted by Crippen LogP contribution is -2.45. The van der Waals surface area contributed by atoms with Crippen LogP contribution < -0.4 is 5.32 Å². The number of aliphatic hydroxyl groups excluding tert-OH is 3. The molecule has 0 aromatic heterocycles. The lowest BCUT2D eigenvalue weighted by atomic mass is 10.0. The Morgan fingerprint density at radius 1 is 0.568 bits per heavy atom. The van der Waals surface area contributed by atoms with Crippen molar-refractivity contribution in [2.75, 3.05) is 6.61 Å². The summed E-state index contributed by atoms with van der Waals surface area (Å²) < 4.78 is 0. The Morgan fingerprint density at radius 2 is 0.932 bits per heavy atom. The van der Waals surface area contributed by atoms with Crippen molar-refractivity contribution in [3.63, 3.8) is 0 Å². The van der Waals surface area contributed by atoms with Crippen LogP contribution in [0.15, 0.2) is 12.2 Å². The Bertz CT molecular complexity index is 611. The molecule has 0 bridgehead atoms. The monoisotopic (exact) mass is 624 g/mol. The summed E-state index contributed by atoms with van der Waals surface area (Å²) in [6.45, 7) is 4.19. The topological polar surface area (TPSA) is 89.8 Å². The van der Waals surface area contributed by atoms with Gasteiger partial charge in [0.05, 0.1) is 31.3 Å². The van der Waals surface area contributed by atoms with E-state index in [1.54, 1.807) is 6.08 Å². The second-order valence-corrected chi connectivity index (χ2v) is 13.5. The third kappa shape index (κ3) is 31.1. The average Bonchev–Trinajstić information content (AvgIpc) is 3.01. The third-order valence-electron chi connectivity index (χ3n) is 9.07. The van der Waals surface area contributed by atoms with Crippen LogP contribution in [0.1, 0.15) is 206 Å². The van der Waals surface area contributed by atoms with Crippen molar-refractivity contribution in [3.8, 4) is 0 Å². The largest absolute Gasteiger partial charge is 0.394 e. The van der Waals surface area contributed by atoms with Crippen LogP contribution in [-0.4, -0.2) is 46.1 Å². The second kappa shape index (κ2) is 35.0. The number of rotatable bonds is 35. The first-order chi connectivity index (χ1) is 21.5. The molecule has 262 valence electrons.